The van der Waals surface area contributed by atoms with Crippen molar-refractivity contribution in [1.29, 1.82) is 0 Å². The Morgan fingerprint density at radius 2 is 1.68 bits per heavy atom. The van der Waals surface area contributed by atoms with E-state index in [1.165, 1.54) is 19.3 Å². The molecule has 0 radical (unpaired) electrons. The van der Waals surface area contributed by atoms with Crippen LogP contribution in [-0.2, 0) is 0 Å². The van der Waals surface area contributed by atoms with Gasteiger partial charge in [0.2, 0.25) is 5.89 Å². The standard InChI is InChI=1S/C24H22Cl2N4O/c1-15-21(24-28-27-23(31-24)17-7-3-2-4-8-17)29-30(20-10-6-5-9-19(20)26)22(15)16-11-13-18(25)14-12-16/h5-6,9-14,17H,2-4,7-8H2,1H3. The van der Waals surface area contributed by atoms with Crippen LogP contribution in [0.25, 0.3) is 28.5 Å². The maximum atomic E-state index is 6.52. The third-order valence-electron chi connectivity index (χ3n) is 5.92. The summed E-state index contributed by atoms with van der Waals surface area (Å²) in [4.78, 5) is 0. The Labute approximate surface area is 191 Å². The molecule has 0 amide bonds. The summed E-state index contributed by atoms with van der Waals surface area (Å²) >= 11 is 12.6. The van der Waals surface area contributed by atoms with Crippen LogP contribution in [0.5, 0.6) is 0 Å². The topological polar surface area (TPSA) is 56.7 Å². The van der Waals surface area contributed by atoms with Gasteiger partial charge in [0.15, 0.2) is 5.69 Å². The summed E-state index contributed by atoms with van der Waals surface area (Å²) in [6.07, 6.45) is 5.91. The first-order valence-corrected chi connectivity index (χ1v) is 11.3. The van der Waals surface area contributed by atoms with Crippen LogP contribution < -0.4 is 0 Å². The maximum absolute atomic E-state index is 6.52. The summed E-state index contributed by atoms with van der Waals surface area (Å²) in [5.74, 6) is 1.50. The first-order valence-electron chi connectivity index (χ1n) is 10.6. The first-order chi connectivity index (χ1) is 15.1. The molecule has 2 aromatic carbocycles. The minimum atomic E-state index is 0.344. The molecule has 5 nitrogen and oxygen atoms in total. The molecule has 1 saturated carbocycles. The largest absolute Gasteiger partial charge is 0.419 e. The fraction of sp³-hybridized carbons (Fsp3) is 0.292. The van der Waals surface area contributed by atoms with E-state index in [2.05, 4.69) is 10.2 Å². The van der Waals surface area contributed by atoms with E-state index in [4.69, 9.17) is 32.7 Å². The van der Waals surface area contributed by atoms with Crippen molar-refractivity contribution in [2.45, 2.75) is 44.9 Å². The van der Waals surface area contributed by atoms with Crippen molar-refractivity contribution >= 4 is 23.2 Å². The molecule has 0 bridgehead atoms. The van der Waals surface area contributed by atoms with E-state index in [0.717, 1.165) is 41.2 Å². The summed E-state index contributed by atoms with van der Waals surface area (Å²) in [6, 6.07) is 15.3. The van der Waals surface area contributed by atoms with E-state index in [1.807, 2.05) is 60.1 Å². The molecule has 0 N–H and O–H groups in total. The van der Waals surface area contributed by atoms with Crippen molar-refractivity contribution < 1.29 is 4.42 Å². The van der Waals surface area contributed by atoms with Crippen LogP contribution in [0.4, 0.5) is 0 Å². The molecule has 0 saturated heterocycles. The monoisotopic (exact) mass is 452 g/mol. The van der Waals surface area contributed by atoms with Crippen molar-refractivity contribution in [3.63, 3.8) is 0 Å². The van der Waals surface area contributed by atoms with Gasteiger partial charge in [-0.3, -0.25) is 0 Å². The van der Waals surface area contributed by atoms with Crippen LogP contribution in [0, 0.1) is 6.92 Å². The molecule has 5 rings (SSSR count). The predicted octanol–water partition coefficient (Wildman–Crippen LogP) is 7.25. The molecule has 31 heavy (non-hydrogen) atoms. The minimum absolute atomic E-state index is 0.344. The summed E-state index contributed by atoms with van der Waals surface area (Å²) in [5, 5.41) is 14.9. The van der Waals surface area contributed by atoms with E-state index >= 15 is 0 Å². The van der Waals surface area contributed by atoms with Gasteiger partial charge in [-0.1, -0.05) is 66.7 Å². The second kappa shape index (κ2) is 8.48. The number of halogens is 2. The number of hydrogen-bond acceptors (Lipinski definition) is 4. The molecule has 1 aliphatic carbocycles. The van der Waals surface area contributed by atoms with E-state index in [1.54, 1.807) is 0 Å². The van der Waals surface area contributed by atoms with Crippen LogP contribution >= 0.6 is 23.2 Å². The average Bonchev–Trinajstić information content (AvgIpc) is 3.40. The second-order valence-corrected chi connectivity index (χ2v) is 8.82. The van der Waals surface area contributed by atoms with Gasteiger partial charge in [0.1, 0.15) is 0 Å². The van der Waals surface area contributed by atoms with Crippen molar-refractivity contribution in [2.75, 3.05) is 0 Å². The molecule has 4 aromatic rings. The molecule has 2 aromatic heterocycles. The Morgan fingerprint density at radius 3 is 2.42 bits per heavy atom. The minimum Gasteiger partial charge on any atom is -0.419 e. The van der Waals surface area contributed by atoms with Crippen LogP contribution in [-0.4, -0.2) is 20.0 Å². The van der Waals surface area contributed by atoms with Crippen LogP contribution in [0.15, 0.2) is 52.9 Å². The Balaban J connectivity index is 1.64. The molecule has 0 aliphatic heterocycles. The van der Waals surface area contributed by atoms with Crippen molar-refractivity contribution in [2.24, 2.45) is 0 Å². The van der Waals surface area contributed by atoms with Gasteiger partial charge in [0.05, 0.1) is 16.4 Å². The molecular formula is C24H22Cl2N4O. The van der Waals surface area contributed by atoms with E-state index in [0.29, 0.717) is 27.5 Å². The highest BCUT2D eigenvalue weighted by Gasteiger charge is 2.26. The SMILES string of the molecule is Cc1c(-c2nnc(C3CCCCC3)o2)nn(-c2ccccc2Cl)c1-c1ccc(Cl)cc1. The lowest BCUT2D eigenvalue weighted by Gasteiger charge is -2.17. The van der Waals surface area contributed by atoms with Gasteiger partial charge in [-0.15, -0.1) is 10.2 Å². The maximum Gasteiger partial charge on any atom is 0.268 e. The van der Waals surface area contributed by atoms with Crippen molar-refractivity contribution in [1.82, 2.24) is 20.0 Å². The van der Waals surface area contributed by atoms with Crippen LogP contribution in [0.2, 0.25) is 10.0 Å². The van der Waals surface area contributed by atoms with Gasteiger partial charge in [-0.05, 0) is 44.0 Å². The Bertz CT molecular complexity index is 1210. The van der Waals surface area contributed by atoms with Gasteiger partial charge in [0.25, 0.3) is 5.89 Å². The highest BCUT2D eigenvalue weighted by Crippen LogP contribution is 2.37. The number of aromatic nitrogens is 4. The van der Waals surface area contributed by atoms with E-state index in [9.17, 15) is 0 Å². The molecular weight excluding hydrogens is 431 g/mol. The van der Waals surface area contributed by atoms with Gasteiger partial charge in [0, 0.05) is 22.1 Å². The Hall–Kier alpha value is -2.63. The van der Waals surface area contributed by atoms with E-state index in [-0.39, 0.29) is 0 Å². The van der Waals surface area contributed by atoms with Gasteiger partial charge >= 0.3 is 0 Å². The molecule has 158 valence electrons. The van der Waals surface area contributed by atoms with E-state index < -0.39 is 0 Å². The summed E-state index contributed by atoms with van der Waals surface area (Å²) < 4.78 is 7.98. The summed E-state index contributed by atoms with van der Waals surface area (Å²) in [6.45, 7) is 2.02. The normalized spacial score (nSPS) is 14.8. The predicted molar refractivity (Wildman–Crippen MR) is 123 cm³/mol. The smallest absolute Gasteiger partial charge is 0.268 e. The summed E-state index contributed by atoms with van der Waals surface area (Å²) in [5.41, 5.74) is 4.29. The lowest BCUT2D eigenvalue weighted by molar-refractivity contribution is 0.366. The number of para-hydroxylation sites is 1. The molecule has 1 fully saturated rings. The zero-order valence-electron chi connectivity index (χ0n) is 17.2. The zero-order chi connectivity index (χ0) is 21.4. The average molecular weight is 453 g/mol. The fourth-order valence-electron chi connectivity index (χ4n) is 4.29. The van der Waals surface area contributed by atoms with Crippen molar-refractivity contribution in [3.05, 3.63) is 70.0 Å². The number of rotatable bonds is 4. The Morgan fingerprint density at radius 1 is 0.935 bits per heavy atom. The molecule has 0 unspecified atom stereocenters. The third kappa shape index (κ3) is 3.88. The molecule has 0 spiro atoms. The Kier molecular flexibility index (Phi) is 5.55. The third-order valence-corrected chi connectivity index (χ3v) is 6.49. The quantitative estimate of drug-likeness (QED) is 0.327. The lowest BCUT2D eigenvalue weighted by Crippen LogP contribution is -2.04. The fourth-order valence-corrected chi connectivity index (χ4v) is 4.63. The molecule has 2 heterocycles. The van der Waals surface area contributed by atoms with Gasteiger partial charge < -0.3 is 4.42 Å². The molecule has 0 atom stereocenters. The second-order valence-electron chi connectivity index (χ2n) is 7.97. The number of hydrogen-bond donors (Lipinski definition) is 0. The van der Waals surface area contributed by atoms with Gasteiger partial charge in [-0.25, -0.2) is 4.68 Å². The first kappa shape index (κ1) is 20.3. The molecule has 7 heteroatoms. The zero-order valence-corrected chi connectivity index (χ0v) is 18.7. The highest BCUT2D eigenvalue weighted by atomic mass is 35.5. The highest BCUT2D eigenvalue weighted by molar-refractivity contribution is 6.32. The van der Waals surface area contributed by atoms with Crippen LogP contribution in [0.1, 0.15) is 49.5 Å². The number of nitrogens with zero attached hydrogens (tertiary/aromatic N) is 4. The molecule has 1 aliphatic rings. The lowest BCUT2D eigenvalue weighted by atomic mass is 9.89. The van der Waals surface area contributed by atoms with Crippen molar-refractivity contribution in [3.8, 4) is 28.5 Å². The number of benzene rings is 2. The van der Waals surface area contributed by atoms with Gasteiger partial charge in [-0.2, -0.15) is 5.10 Å². The van der Waals surface area contributed by atoms with Crippen LogP contribution in [0.3, 0.4) is 0 Å². The summed E-state index contributed by atoms with van der Waals surface area (Å²) in [7, 11) is 0.